The second kappa shape index (κ2) is 9.44. The van der Waals surface area contributed by atoms with E-state index in [0.717, 1.165) is 12.1 Å². The van der Waals surface area contributed by atoms with Gasteiger partial charge in [0.2, 0.25) is 0 Å². The molecule has 2 saturated heterocycles. The maximum atomic E-state index is 12.8. The van der Waals surface area contributed by atoms with Crippen LogP contribution in [-0.2, 0) is 17.5 Å². The van der Waals surface area contributed by atoms with Crippen molar-refractivity contribution in [3.63, 3.8) is 0 Å². The predicted molar refractivity (Wildman–Crippen MR) is 115 cm³/mol. The minimum atomic E-state index is -4.43. The molecule has 11 heteroatoms. The van der Waals surface area contributed by atoms with E-state index in [1.165, 1.54) is 29.2 Å². The first-order valence-electron chi connectivity index (χ1n) is 10.5. The molecule has 182 valence electrons. The summed E-state index contributed by atoms with van der Waals surface area (Å²) in [5.74, 6) is -2.86. The first-order chi connectivity index (χ1) is 16.0. The van der Waals surface area contributed by atoms with Crippen LogP contribution in [-0.4, -0.2) is 52.8 Å². The molecule has 0 unspecified atom stereocenters. The van der Waals surface area contributed by atoms with Crippen LogP contribution in [0.5, 0.6) is 0 Å². The lowest BCUT2D eigenvalue weighted by Gasteiger charge is -2.37. The van der Waals surface area contributed by atoms with Crippen LogP contribution in [0, 0.1) is 0 Å². The Morgan fingerprint density at radius 2 is 1.76 bits per heavy atom. The number of halogens is 5. The average molecular weight is 500 g/mol. The molecule has 2 aliphatic heterocycles. The minimum Gasteiger partial charge on any atom is -0.441 e. The Labute approximate surface area is 196 Å². The molecule has 0 aromatic heterocycles. The molecule has 0 saturated carbocycles. The van der Waals surface area contributed by atoms with Crippen molar-refractivity contribution in [3.8, 4) is 0 Å². The Balaban J connectivity index is 1.35. The van der Waals surface area contributed by atoms with Gasteiger partial charge in [0.05, 0.1) is 12.1 Å². The Morgan fingerprint density at radius 3 is 2.38 bits per heavy atom. The standard InChI is InChI=1S/C23H21F5N2O3S/c24-20(25)34-18-3-1-2-16(12-18)19(31)29-10-8-22(9-11-29)14-30(21(32)33-22)13-15-4-6-17(7-5-15)23(26,27)28/h1-7,12,20H,8-11,13-14H2. The molecule has 0 aliphatic carbocycles. The van der Waals surface area contributed by atoms with Gasteiger partial charge in [-0.3, -0.25) is 9.69 Å². The van der Waals surface area contributed by atoms with Crippen molar-refractivity contribution < 1.29 is 36.3 Å². The molecule has 2 aliphatic rings. The quantitative estimate of drug-likeness (QED) is 0.394. The van der Waals surface area contributed by atoms with Crippen molar-refractivity contribution in [2.45, 2.75) is 41.8 Å². The summed E-state index contributed by atoms with van der Waals surface area (Å²) in [7, 11) is 0. The lowest BCUT2D eigenvalue weighted by molar-refractivity contribution is -0.137. The van der Waals surface area contributed by atoms with Crippen molar-refractivity contribution in [1.29, 1.82) is 0 Å². The summed E-state index contributed by atoms with van der Waals surface area (Å²) in [6.07, 6.45) is -4.17. The zero-order chi connectivity index (χ0) is 24.5. The third kappa shape index (κ3) is 5.45. The number of carbonyl (C=O) groups is 2. The van der Waals surface area contributed by atoms with Crippen molar-refractivity contribution in [2.24, 2.45) is 0 Å². The molecule has 0 N–H and O–H groups in total. The number of rotatable bonds is 5. The van der Waals surface area contributed by atoms with Gasteiger partial charge in [-0.15, -0.1) is 0 Å². The molecule has 2 heterocycles. The average Bonchev–Trinajstić information content (AvgIpc) is 3.07. The van der Waals surface area contributed by atoms with E-state index in [-0.39, 0.29) is 19.0 Å². The van der Waals surface area contributed by atoms with Crippen LogP contribution < -0.4 is 0 Å². The fraction of sp³-hybridized carbons (Fsp3) is 0.391. The summed E-state index contributed by atoms with van der Waals surface area (Å²) in [5.41, 5.74) is -0.662. The molecule has 2 fully saturated rings. The zero-order valence-electron chi connectivity index (χ0n) is 17.9. The number of benzene rings is 2. The highest BCUT2D eigenvalue weighted by Crippen LogP contribution is 2.35. The normalized spacial score (nSPS) is 18.0. The van der Waals surface area contributed by atoms with Crippen LogP contribution in [0.25, 0.3) is 0 Å². The number of carbonyl (C=O) groups excluding carboxylic acids is 2. The minimum absolute atomic E-state index is 0.121. The van der Waals surface area contributed by atoms with Gasteiger partial charge in [0.25, 0.3) is 11.7 Å². The summed E-state index contributed by atoms with van der Waals surface area (Å²) in [4.78, 5) is 28.6. The molecule has 1 spiro atoms. The number of ether oxygens (including phenoxy) is 1. The zero-order valence-corrected chi connectivity index (χ0v) is 18.7. The Kier molecular flexibility index (Phi) is 6.75. The van der Waals surface area contributed by atoms with Crippen molar-refractivity contribution >= 4 is 23.8 Å². The number of nitrogens with zero attached hydrogens (tertiary/aromatic N) is 2. The molecule has 34 heavy (non-hydrogen) atoms. The van der Waals surface area contributed by atoms with Gasteiger partial charge in [-0.1, -0.05) is 30.0 Å². The van der Waals surface area contributed by atoms with Gasteiger partial charge in [-0.05, 0) is 35.9 Å². The molecule has 0 bridgehead atoms. The number of amides is 2. The van der Waals surface area contributed by atoms with E-state index < -0.39 is 29.2 Å². The highest BCUT2D eigenvalue weighted by molar-refractivity contribution is 7.99. The maximum Gasteiger partial charge on any atom is 0.416 e. The largest absolute Gasteiger partial charge is 0.441 e. The Hall–Kier alpha value is -2.82. The lowest BCUT2D eigenvalue weighted by atomic mass is 9.91. The molecule has 4 rings (SSSR count). The number of hydrogen-bond acceptors (Lipinski definition) is 4. The van der Waals surface area contributed by atoms with E-state index in [4.69, 9.17) is 4.74 Å². The molecule has 0 radical (unpaired) electrons. The molecule has 5 nitrogen and oxygen atoms in total. The van der Waals surface area contributed by atoms with E-state index in [9.17, 15) is 31.5 Å². The van der Waals surface area contributed by atoms with Gasteiger partial charge in [0, 0.05) is 42.9 Å². The first kappa shape index (κ1) is 24.3. The number of alkyl halides is 5. The highest BCUT2D eigenvalue weighted by Gasteiger charge is 2.47. The Bertz CT molecular complexity index is 1050. The monoisotopic (exact) mass is 500 g/mol. The molecule has 2 aromatic rings. The third-order valence-electron chi connectivity index (χ3n) is 5.96. The number of piperidine rings is 1. The number of likely N-dealkylation sites (tertiary alicyclic amines) is 1. The van der Waals surface area contributed by atoms with E-state index in [2.05, 4.69) is 0 Å². The Morgan fingerprint density at radius 1 is 1.09 bits per heavy atom. The third-order valence-corrected chi connectivity index (χ3v) is 6.67. The second-order valence-corrected chi connectivity index (χ2v) is 9.36. The summed E-state index contributed by atoms with van der Waals surface area (Å²) in [5, 5.41) is 0. The van der Waals surface area contributed by atoms with Crippen molar-refractivity contribution in [1.82, 2.24) is 9.80 Å². The van der Waals surface area contributed by atoms with Crippen molar-refractivity contribution in [2.75, 3.05) is 19.6 Å². The number of hydrogen-bond donors (Lipinski definition) is 0. The van der Waals surface area contributed by atoms with Gasteiger partial charge >= 0.3 is 12.3 Å². The highest BCUT2D eigenvalue weighted by atomic mass is 32.2. The van der Waals surface area contributed by atoms with E-state index >= 15 is 0 Å². The molecule has 2 amide bonds. The topological polar surface area (TPSA) is 49.9 Å². The van der Waals surface area contributed by atoms with Crippen LogP contribution in [0.1, 0.15) is 34.3 Å². The van der Waals surface area contributed by atoms with Gasteiger partial charge in [0.15, 0.2) is 0 Å². The van der Waals surface area contributed by atoms with E-state index in [1.807, 2.05) is 0 Å². The van der Waals surface area contributed by atoms with Crippen LogP contribution >= 0.6 is 11.8 Å². The van der Waals surface area contributed by atoms with Gasteiger partial charge in [-0.2, -0.15) is 22.0 Å². The summed E-state index contributed by atoms with van der Waals surface area (Å²) >= 11 is 0.372. The van der Waals surface area contributed by atoms with Crippen LogP contribution in [0.3, 0.4) is 0 Å². The smallest absolute Gasteiger partial charge is 0.416 e. The fourth-order valence-corrected chi connectivity index (χ4v) is 4.76. The molecule has 0 atom stereocenters. The van der Waals surface area contributed by atoms with E-state index in [0.29, 0.717) is 53.7 Å². The maximum absolute atomic E-state index is 12.8. The molecule has 2 aromatic carbocycles. The fourth-order valence-electron chi connectivity index (χ4n) is 4.20. The second-order valence-electron chi connectivity index (χ2n) is 8.30. The van der Waals surface area contributed by atoms with Crippen LogP contribution in [0.2, 0.25) is 0 Å². The van der Waals surface area contributed by atoms with Crippen LogP contribution in [0.4, 0.5) is 26.7 Å². The van der Waals surface area contributed by atoms with Gasteiger partial charge in [0.1, 0.15) is 5.60 Å². The molecular formula is C23H21F5N2O3S. The van der Waals surface area contributed by atoms with Crippen LogP contribution in [0.15, 0.2) is 53.4 Å². The first-order valence-corrected chi connectivity index (χ1v) is 11.4. The van der Waals surface area contributed by atoms with Gasteiger partial charge < -0.3 is 9.64 Å². The summed E-state index contributed by atoms with van der Waals surface area (Å²) in [6.45, 7) is 1.05. The van der Waals surface area contributed by atoms with E-state index in [1.54, 1.807) is 17.0 Å². The SMILES string of the molecule is O=C1OC2(CCN(C(=O)c3cccc(SC(F)F)c3)CC2)CN1Cc1ccc(C(F)(F)F)cc1. The number of thioether (sulfide) groups is 1. The summed E-state index contributed by atoms with van der Waals surface area (Å²) in [6, 6.07) is 10.7. The predicted octanol–water partition coefficient (Wildman–Crippen LogP) is 5.65. The van der Waals surface area contributed by atoms with Crippen molar-refractivity contribution in [3.05, 3.63) is 65.2 Å². The van der Waals surface area contributed by atoms with Gasteiger partial charge in [-0.25, -0.2) is 4.79 Å². The molecular weight excluding hydrogens is 479 g/mol. The lowest BCUT2D eigenvalue weighted by Crippen LogP contribution is -2.48. The summed E-state index contributed by atoms with van der Waals surface area (Å²) < 4.78 is 69.1.